The van der Waals surface area contributed by atoms with Crippen LogP contribution in [0.1, 0.15) is 17.2 Å². The topological polar surface area (TPSA) is 58.7 Å². The number of carbonyl (C=O) groups excluding carboxylic acids is 1. The Balaban J connectivity index is 1.71. The van der Waals surface area contributed by atoms with Gasteiger partial charge in [-0.25, -0.2) is 0 Å². The highest BCUT2D eigenvalue weighted by Gasteiger charge is 2.41. The molecule has 2 N–H and O–H groups in total. The second-order valence-corrected chi connectivity index (χ2v) is 6.87. The summed E-state index contributed by atoms with van der Waals surface area (Å²) in [5.74, 6) is -0.139. The summed E-state index contributed by atoms with van der Waals surface area (Å²) in [4.78, 5) is 19.2. The maximum Gasteiger partial charge on any atom is 0.252 e. The highest BCUT2D eigenvalue weighted by atomic mass is 35.5. The Bertz CT molecular complexity index is 848. The predicted octanol–water partition coefficient (Wildman–Crippen LogP) is 3.65. The zero-order chi connectivity index (χ0) is 16.7. The molecule has 24 heavy (non-hydrogen) atoms. The first kappa shape index (κ1) is 15.4. The summed E-state index contributed by atoms with van der Waals surface area (Å²) < 4.78 is 0. The van der Waals surface area contributed by atoms with Crippen LogP contribution < -0.4 is 5.73 Å². The number of nitrogens with two attached hydrogens (primary N) is 1. The van der Waals surface area contributed by atoms with E-state index >= 15 is 0 Å². The molecule has 4 rings (SSSR count). The van der Waals surface area contributed by atoms with Crippen molar-refractivity contribution >= 4 is 40.1 Å². The van der Waals surface area contributed by atoms with Gasteiger partial charge in [-0.05, 0) is 23.3 Å². The van der Waals surface area contributed by atoms with Gasteiger partial charge >= 0.3 is 0 Å². The minimum atomic E-state index is -0.722. The standard InChI is InChI=1S/C18H14ClN3OS/c19-13-8-6-12(7-9-13)16-15(20)17(23)22-14(10-24-18(22)21-16)11-4-2-1-3-5-11/h1-10,15-16H,20H2/t15-,16+/m0/s1. The van der Waals surface area contributed by atoms with E-state index in [0.717, 1.165) is 16.8 Å². The molecule has 0 spiro atoms. The highest BCUT2D eigenvalue weighted by Crippen LogP contribution is 2.39. The number of fused-ring (bicyclic) bond motifs is 1. The van der Waals surface area contributed by atoms with Gasteiger partial charge in [-0.3, -0.25) is 14.7 Å². The van der Waals surface area contributed by atoms with Crippen LogP contribution in [0.2, 0.25) is 5.02 Å². The number of nitrogens with zero attached hydrogens (tertiary/aromatic N) is 2. The third kappa shape index (κ3) is 2.55. The van der Waals surface area contributed by atoms with Gasteiger partial charge in [-0.15, -0.1) is 0 Å². The summed E-state index contributed by atoms with van der Waals surface area (Å²) in [7, 11) is 0. The third-order valence-corrected chi connectivity index (χ3v) is 5.18. The van der Waals surface area contributed by atoms with Gasteiger partial charge in [0, 0.05) is 10.4 Å². The molecule has 0 bridgehead atoms. The SMILES string of the molecule is N[C@@H]1C(=O)N2C(c3ccccc3)=CSC2=N[C@@H]1c1ccc(Cl)cc1. The van der Waals surface area contributed by atoms with Crippen molar-refractivity contribution in [3.05, 3.63) is 76.2 Å². The summed E-state index contributed by atoms with van der Waals surface area (Å²) >= 11 is 7.39. The van der Waals surface area contributed by atoms with Crippen LogP contribution in [0.25, 0.3) is 5.70 Å². The molecule has 6 heteroatoms. The van der Waals surface area contributed by atoms with E-state index in [-0.39, 0.29) is 5.91 Å². The van der Waals surface area contributed by atoms with Crippen LogP contribution in [0.15, 0.2) is 65.0 Å². The van der Waals surface area contributed by atoms with Crippen molar-refractivity contribution in [2.45, 2.75) is 12.1 Å². The van der Waals surface area contributed by atoms with Crippen molar-refractivity contribution in [2.75, 3.05) is 0 Å². The van der Waals surface area contributed by atoms with E-state index in [4.69, 9.17) is 22.3 Å². The molecule has 2 aliphatic rings. The van der Waals surface area contributed by atoms with E-state index in [2.05, 4.69) is 0 Å². The molecule has 0 fully saturated rings. The fraction of sp³-hybridized carbons (Fsp3) is 0.111. The van der Waals surface area contributed by atoms with Crippen molar-refractivity contribution in [3.63, 3.8) is 0 Å². The smallest absolute Gasteiger partial charge is 0.252 e. The lowest BCUT2D eigenvalue weighted by molar-refractivity contribution is -0.127. The fourth-order valence-corrected chi connectivity index (χ4v) is 3.90. The lowest BCUT2D eigenvalue weighted by Crippen LogP contribution is -2.50. The van der Waals surface area contributed by atoms with Crippen molar-refractivity contribution < 1.29 is 4.79 Å². The van der Waals surface area contributed by atoms with E-state index in [1.165, 1.54) is 11.8 Å². The summed E-state index contributed by atoms with van der Waals surface area (Å²) in [6, 6.07) is 16.0. The van der Waals surface area contributed by atoms with Crippen molar-refractivity contribution in [3.8, 4) is 0 Å². The first-order chi connectivity index (χ1) is 11.6. The number of halogens is 1. The van der Waals surface area contributed by atoms with Crippen LogP contribution in [0.3, 0.4) is 0 Å². The van der Waals surface area contributed by atoms with Crippen LogP contribution in [0, 0.1) is 0 Å². The Hall–Kier alpha value is -2.08. The molecule has 120 valence electrons. The fourth-order valence-electron chi connectivity index (χ4n) is 2.85. The Morgan fingerprint density at radius 2 is 1.79 bits per heavy atom. The summed E-state index contributed by atoms with van der Waals surface area (Å²) in [6.07, 6.45) is 0. The molecule has 2 aromatic carbocycles. The predicted molar refractivity (Wildman–Crippen MR) is 98.5 cm³/mol. The van der Waals surface area contributed by atoms with E-state index < -0.39 is 12.1 Å². The van der Waals surface area contributed by atoms with Gasteiger partial charge in [-0.2, -0.15) is 0 Å². The van der Waals surface area contributed by atoms with E-state index in [1.54, 1.807) is 17.0 Å². The minimum absolute atomic E-state index is 0.139. The van der Waals surface area contributed by atoms with Crippen LogP contribution in [-0.2, 0) is 4.79 Å². The number of amidine groups is 1. The molecule has 0 saturated heterocycles. The van der Waals surface area contributed by atoms with Gasteiger partial charge in [-0.1, -0.05) is 65.8 Å². The van der Waals surface area contributed by atoms with Gasteiger partial charge in [0.2, 0.25) is 0 Å². The van der Waals surface area contributed by atoms with Gasteiger partial charge in [0.25, 0.3) is 5.91 Å². The molecule has 0 unspecified atom stereocenters. The zero-order valence-electron chi connectivity index (χ0n) is 12.6. The number of rotatable bonds is 2. The quantitative estimate of drug-likeness (QED) is 0.894. The number of benzene rings is 2. The van der Waals surface area contributed by atoms with Gasteiger partial charge < -0.3 is 5.73 Å². The first-order valence-electron chi connectivity index (χ1n) is 7.50. The Labute approximate surface area is 149 Å². The number of hydrogen-bond donors (Lipinski definition) is 1. The van der Waals surface area contributed by atoms with E-state index in [1.807, 2.05) is 47.9 Å². The van der Waals surface area contributed by atoms with Gasteiger partial charge in [0.05, 0.1) is 5.70 Å². The molecule has 2 heterocycles. The molecule has 1 amide bonds. The summed E-state index contributed by atoms with van der Waals surface area (Å²) in [5, 5.41) is 3.26. The summed E-state index contributed by atoms with van der Waals surface area (Å²) in [5.41, 5.74) is 8.91. The molecular weight excluding hydrogens is 342 g/mol. The first-order valence-corrected chi connectivity index (χ1v) is 8.76. The average Bonchev–Trinajstić information content (AvgIpc) is 3.04. The highest BCUT2D eigenvalue weighted by molar-refractivity contribution is 8.16. The maximum atomic E-state index is 12.9. The van der Waals surface area contributed by atoms with Crippen molar-refractivity contribution in [2.24, 2.45) is 10.7 Å². The average molecular weight is 356 g/mol. The minimum Gasteiger partial charge on any atom is -0.318 e. The van der Waals surface area contributed by atoms with Crippen LogP contribution >= 0.6 is 23.4 Å². The Morgan fingerprint density at radius 1 is 1.08 bits per heavy atom. The lowest BCUT2D eigenvalue weighted by Gasteiger charge is -2.32. The Morgan fingerprint density at radius 3 is 2.50 bits per heavy atom. The number of thioether (sulfide) groups is 1. The van der Waals surface area contributed by atoms with Gasteiger partial charge in [0.1, 0.15) is 12.1 Å². The van der Waals surface area contributed by atoms with Crippen LogP contribution in [0.5, 0.6) is 0 Å². The van der Waals surface area contributed by atoms with Crippen molar-refractivity contribution in [1.82, 2.24) is 4.90 Å². The van der Waals surface area contributed by atoms with Crippen molar-refractivity contribution in [1.29, 1.82) is 0 Å². The van der Waals surface area contributed by atoms with E-state index in [0.29, 0.717) is 10.2 Å². The lowest BCUT2D eigenvalue weighted by atomic mass is 9.98. The van der Waals surface area contributed by atoms with Crippen LogP contribution in [0.4, 0.5) is 0 Å². The van der Waals surface area contributed by atoms with Gasteiger partial charge in [0.15, 0.2) is 5.17 Å². The maximum absolute atomic E-state index is 12.9. The molecule has 4 nitrogen and oxygen atoms in total. The van der Waals surface area contributed by atoms with E-state index in [9.17, 15) is 4.79 Å². The molecule has 2 aliphatic heterocycles. The number of aliphatic imine (C=N–C) groups is 1. The molecule has 2 aromatic rings. The molecule has 0 aliphatic carbocycles. The molecule has 0 saturated carbocycles. The summed E-state index contributed by atoms with van der Waals surface area (Å²) in [6.45, 7) is 0. The second-order valence-electron chi connectivity index (χ2n) is 5.59. The normalized spacial score (nSPS) is 22.9. The number of carbonyl (C=O) groups is 1. The van der Waals surface area contributed by atoms with Crippen LogP contribution in [-0.4, -0.2) is 22.0 Å². The zero-order valence-corrected chi connectivity index (χ0v) is 14.2. The third-order valence-electron chi connectivity index (χ3n) is 4.08. The monoisotopic (exact) mass is 355 g/mol. The number of amides is 1. The molecule has 0 aromatic heterocycles. The molecule has 0 radical (unpaired) electrons. The largest absolute Gasteiger partial charge is 0.318 e. The molecule has 2 atom stereocenters. The molecular formula is C18H14ClN3OS. The number of hydrogen-bond acceptors (Lipinski definition) is 4. The second kappa shape index (κ2) is 6.09. The Kier molecular flexibility index (Phi) is 3.92.